The molecule has 0 fully saturated rings. The third-order valence-electron chi connectivity index (χ3n) is 1.71. The highest BCUT2D eigenvalue weighted by Crippen LogP contribution is 2.16. The summed E-state index contributed by atoms with van der Waals surface area (Å²) in [6.07, 6.45) is 0. The molecular weight excluding hydrogens is 188 g/mol. The molecule has 0 bridgehead atoms. The van der Waals surface area contributed by atoms with E-state index >= 15 is 0 Å². The Bertz CT molecular complexity index is 283. The number of nitrogens with two attached hydrogens (primary N) is 1. The normalized spacial score (nSPS) is 11.2. The number of amides is 1. The van der Waals surface area contributed by atoms with Gasteiger partial charge in [0.05, 0.1) is 5.41 Å². The van der Waals surface area contributed by atoms with Gasteiger partial charge >= 0.3 is 0 Å². The number of nitrogens with zero attached hydrogens (tertiary/aromatic N) is 2. The van der Waals surface area contributed by atoms with Gasteiger partial charge in [-0.3, -0.25) is 4.79 Å². The van der Waals surface area contributed by atoms with Crippen LogP contribution in [0.5, 0.6) is 0 Å². The molecule has 1 aromatic heterocycles. The maximum absolute atomic E-state index is 10.9. The van der Waals surface area contributed by atoms with Crippen molar-refractivity contribution in [2.24, 2.45) is 11.1 Å². The molecule has 1 aromatic rings. The second-order valence-electron chi connectivity index (χ2n) is 3.35. The SMILES string of the molecule is CC(C)(CNc1nncs1)C(N)=O. The fourth-order valence-electron chi connectivity index (χ4n) is 0.634. The van der Waals surface area contributed by atoms with Crippen LogP contribution in [-0.2, 0) is 4.79 Å². The van der Waals surface area contributed by atoms with Crippen LogP contribution in [0.15, 0.2) is 5.51 Å². The zero-order chi connectivity index (χ0) is 9.90. The van der Waals surface area contributed by atoms with Crippen molar-refractivity contribution in [2.45, 2.75) is 13.8 Å². The van der Waals surface area contributed by atoms with Gasteiger partial charge in [0, 0.05) is 6.54 Å². The van der Waals surface area contributed by atoms with Gasteiger partial charge in [-0.15, -0.1) is 10.2 Å². The van der Waals surface area contributed by atoms with E-state index in [9.17, 15) is 4.79 Å². The van der Waals surface area contributed by atoms with Crippen molar-refractivity contribution >= 4 is 22.4 Å². The largest absolute Gasteiger partial charge is 0.369 e. The van der Waals surface area contributed by atoms with Crippen LogP contribution in [0.1, 0.15) is 13.8 Å². The van der Waals surface area contributed by atoms with Crippen LogP contribution >= 0.6 is 11.3 Å². The molecule has 13 heavy (non-hydrogen) atoms. The number of aromatic nitrogens is 2. The molecule has 0 saturated heterocycles. The summed E-state index contributed by atoms with van der Waals surface area (Å²) < 4.78 is 0. The molecule has 3 N–H and O–H groups in total. The number of rotatable bonds is 4. The average Bonchev–Trinajstić information content (AvgIpc) is 2.52. The number of carbonyl (C=O) groups is 1. The van der Waals surface area contributed by atoms with Crippen LogP contribution < -0.4 is 11.1 Å². The van der Waals surface area contributed by atoms with Gasteiger partial charge in [0.1, 0.15) is 5.51 Å². The summed E-state index contributed by atoms with van der Waals surface area (Å²) in [4.78, 5) is 10.9. The van der Waals surface area contributed by atoms with Crippen LogP contribution in [0.3, 0.4) is 0 Å². The van der Waals surface area contributed by atoms with Crippen molar-refractivity contribution in [3.05, 3.63) is 5.51 Å². The summed E-state index contributed by atoms with van der Waals surface area (Å²) in [6.45, 7) is 4.03. The number of carbonyl (C=O) groups excluding carboxylic acids is 1. The Morgan fingerprint density at radius 1 is 1.77 bits per heavy atom. The lowest BCUT2D eigenvalue weighted by molar-refractivity contribution is -0.125. The van der Waals surface area contributed by atoms with Crippen LogP contribution in [0.4, 0.5) is 5.13 Å². The molecule has 1 rings (SSSR count). The molecular formula is C7H12N4OS. The second kappa shape index (κ2) is 3.69. The molecule has 1 heterocycles. The van der Waals surface area contributed by atoms with E-state index in [-0.39, 0.29) is 5.91 Å². The lowest BCUT2D eigenvalue weighted by Gasteiger charge is -2.19. The van der Waals surface area contributed by atoms with Crippen molar-refractivity contribution in [2.75, 3.05) is 11.9 Å². The van der Waals surface area contributed by atoms with E-state index in [2.05, 4.69) is 15.5 Å². The molecule has 0 saturated carbocycles. The first-order chi connectivity index (χ1) is 6.02. The van der Waals surface area contributed by atoms with Gasteiger partial charge in [-0.25, -0.2) is 0 Å². The first-order valence-corrected chi connectivity index (χ1v) is 4.70. The Morgan fingerprint density at radius 3 is 2.92 bits per heavy atom. The molecule has 5 nitrogen and oxygen atoms in total. The second-order valence-corrected chi connectivity index (χ2v) is 4.18. The molecule has 6 heteroatoms. The average molecular weight is 200 g/mol. The summed E-state index contributed by atoms with van der Waals surface area (Å²) in [5.41, 5.74) is 6.26. The van der Waals surface area contributed by atoms with Crippen LogP contribution in [-0.4, -0.2) is 22.6 Å². The summed E-state index contributed by atoms with van der Waals surface area (Å²) in [7, 11) is 0. The van der Waals surface area contributed by atoms with Gasteiger partial charge in [-0.05, 0) is 13.8 Å². The molecule has 1 amide bonds. The third-order valence-corrected chi connectivity index (χ3v) is 2.36. The van der Waals surface area contributed by atoms with E-state index in [1.165, 1.54) is 11.3 Å². The number of hydrogen-bond acceptors (Lipinski definition) is 5. The van der Waals surface area contributed by atoms with Crippen molar-refractivity contribution in [1.29, 1.82) is 0 Å². The Balaban J connectivity index is 2.47. The lowest BCUT2D eigenvalue weighted by atomic mass is 9.93. The number of anilines is 1. The van der Waals surface area contributed by atoms with E-state index in [0.717, 1.165) is 0 Å². The Morgan fingerprint density at radius 2 is 2.46 bits per heavy atom. The van der Waals surface area contributed by atoms with Crippen molar-refractivity contribution in [1.82, 2.24) is 10.2 Å². The Kier molecular flexibility index (Phi) is 2.82. The maximum Gasteiger partial charge on any atom is 0.224 e. The third kappa shape index (κ3) is 2.66. The zero-order valence-electron chi connectivity index (χ0n) is 7.57. The molecule has 0 aliphatic carbocycles. The molecule has 0 atom stereocenters. The highest BCUT2D eigenvalue weighted by atomic mass is 32.1. The predicted molar refractivity (Wildman–Crippen MR) is 51.4 cm³/mol. The minimum atomic E-state index is -0.564. The van der Waals surface area contributed by atoms with Gasteiger partial charge in [-0.1, -0.05) is 11.3 Å². The Hall–Kier alpha value is -1.17. The number of hydrogen-bond donors (Lipinski definition) is 2. The quantitative estimate of drug-likeness (QED) is 0.740. The van der Waals surface area contributed by atoms with Gasteiger partial charge in [0.2, 0.25) is 11.0 Å². The van der Waals surface area contributed by atoms with Gasteiger partial charge in [0.25, 0.3) is 0 Å². The van der Waals surface area contributed by atoms with E-state index < -0.39 is 5.41 Å². The lowest BCUT2D eigenvalue weighted by Crippen LogP contribution is -2.37. The molecule has 0 aliphatic heterocycles. The maximum atomic E-state index is 10.9. The topological polar surface area (TPSA) is 80.9 Å². The molecule has 0 aliphatic rings. The smallest absolute Gasteiger partial charge is 0.224 e. The first-order valence-electron chi connectivity index (χ1n) is 3.82. The Labute approximate surface area is 80.4 Å². The fraction of sp³-hybridized carbons (Fsp3) is 0.571. The van der Waals surface area contributed by atoms with Gasteiger partial charge in [0.15, 0.2) is 0 Å². The minimum absolute atomic E-state index is 0.329. The summed E-state index contributed by atoms with van der Waals surface area (Å²) in [6, 6.07) is 0. The van der Waals surface area contributed by atoms with Crippen molar-refractivity contribution in [3.63, 3.8) is 0 Å². The van der Waals surface area contributed by atoms with Crippen molar-refractivity contribution < 1.29 is 4.79 Å². The number of primary amides is 1. The fourth-order valence-corrected chi connectivity index (χ4v) is 1.08. The standard InChI is InChI=1S/C7H12N4OS/c1-7(2,5(8)12)3-9-6-11-10-4-13-6/h4H,3H2,1-2H3,(H2,8,12)(H,9,11). The monoisotopic (exact) mass is 200 g/mol. The van der Waals surface area contributed by atoms with E-state index in [1.54, 1.807) is 19.4 Å². The van der Waals surface area contributed by atoms with Crippen LogP contribution in [0, 0.1) is 5.41 Å². The summed E-state index contributed by atoms with van der Waals surface area (Å²) in [5, 5.41) is 11.1. The van der Waals surface area contributed by atoms with Crippen LogP contribution in [0.25, 0.3) is 0 Å². The van der Waals surface area contributed by atoms with E-state index in [1.807, 2.05) is 0 Å². The van der Waals surface area contributed by atoms with Crippen molar-refractivity contribution in [3.8, 4) is 0 Å². The molecule has 0 unspecified atom stereocenters. The highest BCUT2D eigenvalue weighted by Gasteiger charge is 2.24. The summed E-state index contributed by atoms with van der Waals surface area (Å²) in [5.74, 6) is -0.329. The minimum Gasteiger partial charge on any atom is -0.369 e. The predicted octanol–water partition coefficient (Wildman–Crippen LogP) is 0.461. The van der Waals surface area contributed by atoms with Crippen LogP contribution in [0.2, 0.25) is 0 Å². The van der Waals surface area contributed by atoms with Gasteiger partial charge in [-0.2, -0.15) is 0 Å². The van der Waals surface area contributed by atoms with Gasteiger partial charge < -0.3 is 11.1 Å². The molecule has 72 valence electrons. The summed E-state index contributed by atoms with van der Waals surface area (Å²) >= 11 is 1.39. The van der Waals surface area contributed by atoms with E-state index in [0.29, 0.717) is 11.7 Å². The highest BCUT2D eigenvalue weighted by molar-refractivity contribution is 7.13. The first kappa shape index (κ1) is 9.91. The molecule has 0 aromatic carbocycles. The molecule has 0 spiro atoms. The number of nitrogens with one attached hydrogen (secondary N) is 1. The van der Waals surface area contributed by atoms with E-state index in [4.69, 9.17) is 5.73 Å². The molecule has 0 radical (unpaired) electrons. The zero-order valence-corrected chi connectivity index (χ0v) is 8.39.